The van der Waals surface area contributed by atoms with Crippen molar-refractivity contribution < 1.29 is 9.59 Å². The van der Waals surface area contributed by atoms with Gasteiger partial charge in [0, 0.05) is 12.2 Å². The Hall–Kier alpha value is -3.33. The van der Waals surface area contributed by atoms with Crippen molar-refractivity contribution in [3.63, 3.8) is 0 Å². The highest BCUT2D eigenvalue weighted by Crippen LogP contribution is 2.15. The number of thioether (sulfide) groups is 1. The molecule has 0 radical (unpaired) electrons. The summed E-state index contributed by atoms with van der Waals surface area (Å²) in [6.07, 6.45) is 1.48. The third-order valence-electron chi connectivity index (χ3n) is 4.64. The smallest absolute Gasteiger partial charge is 0.343 e. The van der Waals surface area contributed by atoms with Crippen LogP contribution in [0.2, 0.25) is 0 Å². The van der Waals surface area contributed by atoms with E-state index in [1.54, 1.807) is 0 Å². The fourth-order valence-electron chi connectivity index (χ4n) is 3.00. The highest BCUT2D eigenvalue weighted by molar-refractivity contribution is 7.99. The largest absolute Gasteiger partial charge is 0.346 e. The lowest BCUT2D eigenvalue weighted by atomic mass is 10.1. The molecule has 2 amide bonds. The molecule has 1 aromatic heterocycles. The number of aromatic nitrogens is 3. The minimum atomic E-state index is -0.312. The van der Waals surface area contributed by atoms with E-state index in [9.17, 15) is 14.4 Å². The average molecular weight is 440 g/mol. The van der Waals surface area contributed by atoms with Crippen molar-refractivity contribution in [2.45, 2.75) is 31.5 Å². The number of nitrogens with one attached hydrogen (secondary N) is 3. The molecular weight excluding hydrogens is 414 g/mol. The molecule has 3 aromatic rings. The van der Waals surface area contributed by atoms with Crippen LogP contribution >= 0.6 is 11.8 Å². The normalized spacial score (nSPS) is 10.6. The number of hydrogen-bond donors (Lipinski definition) is 3. The number of hydrogen-bond acceptors (Lipinski definition) is 5. The van der Waals surface area contributed by atoms with Gasteiger partial charge in [-0.3, -0.25) is 14.2 Å². The number of benzene rings is 2. The lowest BCUT2D eigenvalue weighted by Gasteiger charge is -2.10. The lowest BCUT2D eigenvalue weighted by molar-refractivity contribution is -0.122. The van der Waals surface area contributed by atoms with Crippen molar-refractivity contribution in [2.75, 3.05) is 17.6 Å². The molecule has 0 aliphatic rings. The van der Waals surface area contributed by atoms with E-state index in [0.29, 0.717) is 18.1 Å². The van der Waals surface area contributed by atoms with Gasteiger partial charge in [-0.2, -0.15) is 0 Å². The van der Waals surface area contributed by atoms with E-state index < -0.39 is 0 Å². The van der Waals surface area contributed by atoms with Gasteiger partial charge < -0.3 is 10.6 Å². The van der Waals surface area contributed by atoms with E-state index in [-0.39, 0.29) is 29.8 Å². The van der Waals surface area contributed by atoms with E-state index in [2.05, 4.69) is 20.8 Å². The molecule has 0 bridgehead atoms. The number of amides is 2. The number of aromatic amines is 1. The van der Waals surface area contributed by atoms with E-state index >= 15 is 0 Å². The zero-order valence-corrected chi connectivity index (χ0v) is 18.1. The molecule has 0 saturated carbocycles. The monoisotopic (exact) mass is 439 g/mol. The third kappa shape index (κ3) is 6.58. The van der Waals surface area contributed by atoms with Gasteiger partial charge in [0.15, 0.2) is 5.16 Å². The Balaban J connectivity index is 1.46. The first-order valence-electron chi connectivity index (χ1n) is 10.0. The maximum atomic E-state index is 12.2. The maximum absolute atomic E-state index is 12.2. The van der Waals surface area contributed by atoms with Crippen molar-refractivity contribution in [2.24, 2.45) is 0 Å². The summed E-state index contributed by atoms with van der Waals surface area (Å²) in [5.41, 5.74) is 2.58. The molecule has 3 N–H and O–H groups in total. The zero-order valence-electron chi connectivity index (χ0n) is 17.3. The molecule has 0 unspecified atom stereocenters. The van der Waals surface area contributed by atoms with Crippen LogP contribution in [0.3, 0.4) is 0 Å². The molecule has 162 valence electrons. The van der Waals surface area contributed by atoms with Crippen LogP contribution in [0, 0.1) is 0 Å². The third-order valence-corrected chi connectivity index (χ3v) is 5.62. The van der Waals surface area contributed by atoms with Gasteiger partial charge in [-0.15, -0.1) is 5.10 Å². The number of carbonyl (C=O) groups excluding carboxylic acids is 2. The van der Waals surface area contributed by atoms with E-state index in [0.717, 1.165) is 35.0 Å². The van der Waals surface area contributed by atoms with Crippen LogP contribution in [0.5, 0.6) is 0 Å². The van der Waals surface area contributed by atoms with Crippen LogP contribution in [0.15, 0.2) is 64.5 Å². The van der Waals surface area contributed by atoms with Crippen LogP contribution in [0.1, 0.15) is 18.1 Å². The summed E-state index contributed by atoms with van der Waals surface area (Å²) in [6, 6.07) is 17.4. The van der Waals surface area contributed by atoms with Crippen molar-refractivity contribution in [3.05, 3.63) is 76.2 Å². The van der Waals surface area contributed by atoms with Crippen LogP contribution in [0.4, 0.5) is 5.69 Å². The molecule has 0 spiro atoms. The van der Waals surface area contributed by atoms with Gasteiger partial charge in [0.05, 0.1) is 12.3 Å². The van der Waals surface area contributed by atoms with Crippen molar-refractivity contribution in [3.8, 4) is 0 Å². The molecule has 0 aliphatic carbocycles. The van der Waals surface area contributed by atoms with Crippen LogP contribution in [0.25, 0.3) is 0 Å². The van der Waals surface area contributed by atoms with Gasteiger partial charge in [-0.25, -0.2) is 9.89 Å². The van der Waals surface area contributed by atoms with Crippen LogP contribution < -0.4 is 16.3 Å². The van der Waals surface area contributed by atoms with E-state index in [1.165, 1.54) is 4.57 Å². The van der Waals surface area contributed by atoms with Crippen LogP contribution in [-0.4, -0.2) is 38.9 Å². The summed E-state index contributed by atoms with van der Waals surface area (Å²) in [5.74, 6) is -0.554. The van der Waals surface area contributed by atoms with Gasteiger partial charge in [-0.05, 0) is 30.0 Å². The first kappa shape index (κ1) is 22.4. The predicted octanol–water partition coefficient (Wildman–Crippen LogP) is 2.22. The van der Waals surface area contributed by atoms with E-state index in [4.69, 9.17) is 0 Å². The van der Waals surface area contributed by atoms with Gasteiger partial charge in [-0.1, -0.05) is 67.2 Å². The molecule has 8 nitrogen and oxygen atoms in total. The number of carbonyl (C=O) groups is 2. The molecule has 31 heavy (non-hydrogen) atoms. The second-order valence-corrected chi connectivity index (χ2v) is 7.77. The summed E-state index contributed by atoms with van der Waals surface area (Å²) in [6.45, 7) is 2.35. The first-order valence-corrected chi connectivity index (χ1v) is 11.0. The van der Waals surface area contributed by atoms with Crippen molar-refractivity contribution in [1.82, 2.24) is 20.1 Å². The highest BCUT2D eigenvalue weighted by Gasteiger charge is 2.13. The predicted molar refractivity (Wildman–Crippen MR) is 121 cm³/mol. The second-order valence-electron chi connectivity index (χ2n) is 6.82. The summed E-state index contributed by atoms with van der Waals surface area (Å²) in [7, 11) is 0. The Morgan fingerprint density at radius 1 is 1.06 bits per heavy atom. The molecule has 3 rings (SSSR count). The topological polar surface area (TPSA) is 109 Å². The van der Waals surface area contributed by atoms with Crippen molar-refractivity contribution >= 4 is 29.3 Å². The number of rotatable bonds is 10. The summed E-state index contributed by atoms with van der Waals surface area (Å²) in [4.78, 5) is 36.3. The minimum Gasteiger partial charge on any atom is -0.346 e. The number of nitrogens with zero attached hydrogens (tertiary/aromatic N) is 2. The number of aryl methyl sites for hydroxylation is 2. The number of para-hydroxylation sites is 1. The quantitative estimate of drug-likeness (QED) is 0.420. The Kier molecular flexibility index (Phi) is 8.05. The lowest BCUT2D eigenvalue weighted by Crippen LogP contribution is -2.34. The fraction of sp³-hybridized carbons (Fsp3) is 0.273. The highest BCUT2D eigenvalue weighted by atomic mass is 32.2. The number of H-pyrrole nitrogens is 1. The minimum absolute atomic E-state index is 0.0501. The molecule has 0 aliphatic heterocycles. The summed E-state index contributed by atoms with van der Waals surface area (Å²) < 4.78 is 1.51. The molecule has 1 heterocycles. The Labute approximate surface area is 184 Å². The molecule has 9 heteroatoms. The maximum Gasteiger partial charge on any atom is 0.343 e. The molecular formula is C22H25N5O3S. The summed E-state index contributed by atoms with van der Waals surface area (Å²) >= 11 is 1.15. The fourth-order valence-corrected chi connectivity index (χ4v) is 3.80. The summed E-state index contributed by atoms with van der Waals surface area (Å²) in [5, 5.41) is 12.3. The molecule has 0 fully saturated rings. The van der Waals surface area contributed by atoms with Gasteiger partial charge in [0.1, 0.15) is 0 Å². The van der Waals surface area contributed by atoms with Gasteiger partial charge in [0.25, 0.3) is 0 Å². The van der Waals surface area contributed by atoms with Crippen molar-refractivity contribution in [1.29, 1.82) is 0 Å². The van der Waals surface area contributed by atoms with E-state index in [1.807, 2.05) is 61.5 Å². The standard InChI is InChI=1S/C22H25N5O3S/c1-2-17-10-6-7-11-18(17)24-19(28)14-23-20(29)15-31-22-26-25-21(30)27(22)13-12-16-8-4-3-5-9-16/h3-11H,2,12-15H2,1H3,(H,23,29)(H,24,28)(H,25,30). The Morgan fingerprint density at radius 3 is 2.58 bits per heavy atom. The number of anilines is 1. The second kappa shape index (κ2) is 11.2. The molecule has 0 atom stereocenters. The van der Waals surface area contributed by atoms with Crippen LogP contribution in [-0.2, 0) is 29.0 Å². The SMILES string of the molecule is CCc1ccccc1NC(=O)CNC(=O)CSc1n[nH]c(=O)n1CCc1ccccc1. The Bertz CT molecular complexity index is 1080. The first-order chi connectivity index (χ1) is 15.1. The Morgan fingerprint density at radius 2 is 1.81 bits per heavy atom. The average Bonchev–Trinajstić information content (AvgIpc) is 3.15. The zero-order chi connectivity index (χ0) is 22.1. The molecule has 2 aromatic carbocycles. The molecule has 0 saturated heterocycles. The van der Waals surface area contributed by atoms with Gasteiger partial charge in [0.2, 0.25) is 11.8 Å². The van der Waals surface area contributed by atoms with Gasteiger partial charge >= 0.3 is 5.69 Å².